The van der Waals surface area contributed by atoms with Crippen molar-refractivity contribution in [2.45, 2.75) is 37.2 Å². The van der Waals surface area contributed by atoms with Gasteiger partial charge < -0.3 is 10.0 Å². The van der Waals surface area contributed by atoms with Gasteiger partial charge in [-0.1, -0.05) is 17.7 Å². The van der Waals surface area contributed by atoms with Crippen molar-refractivity contribution in [1.29, 1.82) is 0 Å². The lowest BCUT2D eigenvalue weighted by molar-refractivity contribution is -0.132. The molecule has 31 heavy (non-hydrogen) atoms. The monoisotopic (exact) mass is 479 g/mol. The second kappa shape index (κ2) is 8.65. The first-order valence-corrected chi connectivity index (χ1v) is 13.0. The third kappa shape index (κ3) is 4.22. The highest BCUT2D eigenvalue weighted by Crippen LogP contribution is 2.33. The van der Waals surface area contributed by atoms with E-state index < -0.39 is 27.1 Å². The fourth-order valence-electron chi connectivity index (χ4n) is 3.41. The highest BCUT2D eigenvalue weighted by Gasteiger charge is 2.36. The van der Waals surface area contributed by atoms with E-state index in [0.717, 1.165) is 26.3 Å². The Kier molecular flexibility index (Phi) is 6.11. The minimum Gasteiger partial charge on any atom is -0.383 e. The van der Waals surface area contributed by atoms with E-state index in [-0.39, 0.29) is 15.9 Å². The second-order valence-electron chi connectivity index (χ2n) is 7.19. The number of hydrogen-bond donors (Lipinski definition) is 1. The number of carbonyl (C=O) groups is 1. The van der Waals surface area contributed by atoms with Gasteiger partial charge in [-0.2, -0.15) is 0 Å². The SMILES string of the molecule is Cc1ccc(S(=O)(=O)N(c2nccs2)S(=O)C2=CC=C(N3CCC(O)C3=O)CC2)cc1. The summed E-state index contributed by atoms with van der Waals surface area (Å²) in [6.07, 6.45) is 4.87. The van der Waals surface area contributed by atoms with Gasteiger partial charge in [-0.15, -0.1) is 15.0 Å². The van der Waals surface area contributed by atoms with Crippen LogP contribution in [0.15, 0.2) is 63.5 Å². The van der Waals surface area contributed by atoms with Crippen LogP contribution in [0.3, 0.4) is 0 Å². The molecular weight excluding hydrogens is 458 g/mol. The van der Waals surface area contributed by atoms with Crippen LogP contribution in [0.2, 0.25) is 0 Å². The van der Waals surface area contributed by atoms with Crippen molar-refractivity contribution in [2.75, 3.05) is 10.3 Å². The Morgan fingerprint density at radius 3 is 2.52 bits per heavy atom. The number of aryl methyl sites for hydroxylation is 1. The normalized spacial score (nSPS) is 20.4. The lowest BCUT2D eigenvalue weighted by Gasteiger charge is -2.25. The maximum Gasteiger partial charge on any atom is 0.277 e. The molecule has 2 aliphatic rings. The molecule has 2 unspecified atom stereocenters. The van der Waals surface area contributed by atoms with Gasteiger partial charge >= 0.3 is 0 Å². The minimum atomic E-state index is -4.11. The summed E-state index contributed by atoms with van der Waals surface area (Å²) in [5.41, 5.74) is 1.64. The molecule has 0 saturated carbocycles. The van der Waals surface area contributed by atoms with Gasteiger partial charge in [0.05, 0.1) is 4.90 Å². The molecule has 1 amide bonds. The van der Waals surface area contributed by atoms with E-state index in [0.29, 0.717) is 30.7 Å². The average Bonchev–Trinajstić information content (AvgIpc) is 3.39. The van der Waals surface area contributed by atoms with E-state index in [2.05, 4.69) is 4.98 Å². The van der Waals surface area contributed by atoms with Crippen LogP contribution in [-0.2, 0) is 25.8 Å². The molecule has 2 aromatic rings. The number of aliphatic hydroxyl groups is 1. The van der Waals surface area contributed by atoms with E-state index in [9.17, 15) is 22.5 Å². The summed E-state index contributed by atoms with van der Waals surface area (Å²) in [6.45, 7) is 2.29. The van der Waals surface area contributed by atoms with Gasteiger partial charge in [-0.05, 0) is 44.1 Å². The summed E-state index contributed by atoms with van der Waals surface area (Å²) < 4.78 is 41.0. The van der Waals surface area contributed by atoms with E-state index in [4.69, 9.17) is 0 Å². The van der Waals surface area contributed by atoms with Gasteiger partial charge in [0.15, 0.2) is 11.0 Å². The van der Waals surface area contributed by atoms with Crippen LogP contribution in [0.1, 0.15) is 24.8 Å². The fraction of sp³-hybridized carbons (Fsp3) is 0.300. The van der Waals surface area contributed by atoms with Crippen molar-refractivity contribution in [3.8, 4) is 0 Å². The Morgan fingerprint density at radius 1 is 1.23 bits per heavy atom. The second-order valence-corrected chi connectivity index (χ2v) is 11.5. The van der Waals surface area contributed by atoms with E-state index in [1.807, 2.05) is 6.92 Å². The van der Waals surface area contributed by atoms with Crippen LogP contribution in [-0.4, -0.2) is 46.2 Å². The number of amides is 1. The molecular formula is C20H21N3O5S3. The largest absolute Gasteiger partial charge is 0.383 e. The lowest BCUT2D eigenvalue weighted by atomic mass is 10.1. The molecule has 1 aliphatic carbocycles. The molecule has 1 fully saturated rings. The highest BCUT2D eigenvalue weighted by atomic mass is 32.3. The van der Waals surface area contributed by atoms with Crippen LogP contribution in [0.5, 0.6) is 0 Å². The van der Waals surface area contributed by atoms with Crippen LogP contribution in [0.25, 0.3) is 0 Å². The molecule has 11 heteroatoms. The number of rotatable bonds is 6. The summed E-state index contributed by atoms with van der Waals surface area (Å²) in [6, 6.07) is 6.35. The van der Waals surface area contributed by atoms with Crippen molar-refractivity contribution in [3.63, 3.8) is 0 Å². The molecule has 0 bridgehead atoms. The van der Waals surface area contributed by atoms with Crippen LogP contribution < -0.4 is 3.71 Å². The number of sulfonamides is 1. The smallest absolute Gasteiger partial charge is 0.277 e. The van der Waals surface area contributed by atoms with Gasteiger partial charge in [0.25, 0.3) is 15.9 Å². The van der Waals surface area contributed by atoms with Crippen molar-refractivity contribution in [3.05, 3.63) is 64.2 Å². The quantitative estimate of drug-likeness (QED) is 0.682. The molecule has 0 radical (unpaired) electrons. The zero-order valence-corrected chi connectivity index (χ0v) is 19.1. The third-order valence-corrected chi connectivity index (χ3v) is 9.82. The lowest BCUT2D eigenvalue weighted by Crippen LogP contribution is -2.34. The maximum atomic E-state index is 13.4. The first-order valence-electron chi connectivity index (χ1n) is 9.61. The van der Waals surface area contributed by atoms with E-state index in [1.54, 1.807) is 29.7 Å². The molecule has 2 heterocycles. The molecule has 1 N–H and O–H groups in total. The van der Waals surface area contributed by atoms with Crippen LogP contribution in [0, 0.1) is 6.92 Å². The average molecular weight is 480 g/mol. The number of thiazole rings is 1. The molecule has 4 rings (SSSR count). The molecule has 1 aromatic heterocycles. The number of aromatic nitrogens is 1. The summed E-state index contributed by atoms with van der Waals surface area (Å²) in [7, 11) is -6.14. The Labute approximate surface area is 187 Å². The zero-order chi connectivity index (χ0) is 22.2. The Bertz CT molecular complexity index is 1170. The molecule has 0 spiro atoms. The summed E-state index contributed by atoms with van der Waals surface area (Å²) >= 11 is 1.09. The zero-order valence-electron chi connectivity index (χ0n) is 16.7. The predicted molar refractivity (Wildman–Crippen MR) is 119 cm³/mol. The van der Waals surface area contributed by atoms with E-state index in [1.165, 1.54) is 23.2 Å². The Hall–Kier alpha value is -2.34. The number of aliphatic hydroxyl groups excluding tert-OH is 1. The molecule has 164 valence electrons. The van der Waals surface area contributed by atoms with Gasteiger partial charge in [0.1, 0.15) is 6.10 Å². The topological polar surface area (TPSA) is 108 Å². The molecule has 1 aromatic carbocycles. The van der Waals surface area contributed by atoms with Crippen molar-refractivity contribution in [1.82, 2.24) is 9.88 Å². The van der Waals surface area contributed by atoms with Crippen LogP contribution in [0.4, 0.5) is 5.13 Å². The predicted octanol–water partition coefficient (Wildman–Crippen LogP) is 2.47. The fourth-order valence-corrected chi connectivity index (χ4v) is 7.66. The first kappa shape index (κ1) is 21.9. The van der Waals surface area contributed by atoms with Crippen molar-refractivity contribution in [2.24, 2.45) is 0 Å². The third-order valence-electron chi connectivity index (χ3n) is 5.10. The Morgan fingerprint density at radius 2 is 1.97 bits per heavy atom. The highest BCUT2D eigenvalue weighted by molar-refractivity contribution is 8.09. The summed E-state index contributed by atoms with van der Waals surface area (Å²) in [5.74, 6) is -0.337. The van der Waals surface area contributed by atoms with Gasteiger partial charge in [-0.3, -0.25) is 4.79 Å². The molecule has 1 aliphatic heterocycles. The number of likely N-dealkylation sites (tertiary alicyclic amines) is 1. The number of nitrogens with zero attached hydrogens (tertiary/aromatic N) is 3. The standard InChI is InChI=1S/C20H21N3O5S3/c1-14-2-8-17(9-3-14)31(27,28)23(20-21-11-13-29-20)30(26)16-6-4-15(5-7-16)22-12-10-18(24)19(22)25/h2-4,6,8-9,11,13,18,24H,5,7,10,12H2,1H3. The number of carbonyl (C=O) groups excluding carboxylic acids is 1. The summed E-state index contributed by atoms with van der Waals surface area (Å²) in [5, 5.41) is 11.4. The number of benzene rings is 1. The van der Waals surface area contributed by atoms with Crippen LogP contribution >= 0.6 is 11.3 Å². The first-order chi connectivity index (χ1) is 14.8. The molecule has 1 saturated heterocycles. The van der Waals surface area contributed by atoms with Gasteiger partial charge in [0.2, 0.25) is 5.13 Å². The maximum absolute atomic E-state index is 13.4. The number of anilines is 1. The number of allylic oxidation sites excluding steroid dienone is 4. The molecule has 8 nitrogen and oxygen atoms in total. The molecule has 2 atom stereocenters. The number of hydrogen-bond acceptors (Lipinski definition) is 7. The van der Waals surface area contributed by atoms with E-state index >= 15 is 0 Å². The van der Waals surface area contributed by atoms with Crippen molar-refractivity contribution < 1.29 is 22.5 Å². The Balaban J connectivity index is 1.66. The van der Waals surface area contributed by atoms with Crippen molar-refractivity contribution >= 4 is 43.4 Å². The van der Waals surface area contributed by atoms with Gasteiger partial charge in [0, 0.05) is 35.1 Å². The van der Waals surface area contributed by atoms with Gasteiger partial charge in [-0.25, -0.2) is 17.6 Å². The summed E-state index contributed by atoms with van der Waals surface area (Å²) in [4.78, 5) is 18.1. The minimum absolute atomic E-state index is 0.0333.